The Morgan fingerprint density at radius 2 is 2.00 bits per heavy atom. The van der Waals surface area contributed by atoms with E-state index in [1.807, 2.05) is 47.3 Å². The van der Waals surface area contributed by atoms with Crippen molar-refractivity contribution in [2.24, 2.45) is 0 Å². The van der Waals surface area contributed by atoms with Gasteiger partial charge in [0.2, 0.25) is 0 Å². The van der Waals surface area contributed by atoms with Gasteiger partial charge in [-0.15, -0.1) is 0 Å². The first-order valence-corrected chi connectivity index (χ1v) is 10.3. The van der Waals surface area contributed by atoms with Crippen LogP contribution in [0.2, 0.25) is 0 Å². The molecule has 0 bridgehead atoms. The molecule has 2 heterocycles. The second-order valence-corrected chi connectivity index (χ2v) is 8.17. The number of rotatable bonds is 9. The lowest BCUT2D eigenvalue weighted by Crippen LogP contribution is -2.29. The molecule has 1 fully saturated rings. The number of carbonyl (C=O) groups excluding carboxylic acids is 1. The van der Waals surface area contributed by atoms with E-state index in [4.69, 9.17) is 17.3 Å². The lowest BCUT2D eigenvalue weighted by molar-refractivity contribution is -0.137. The fraction of sp³-hybridized carbons (Fsp3) is 0.300. The number of aromatic nitrogens is 2. The SMILES string of the molecule is O=C(O)CCCCCN1C(=O)/C(=C\c2cnn(Cc3ccccc3)c2)SC1=S. The number of nitrogens with zero attached hydrogens (tertiary/aromatic N) is 3. The highest BCUT2D eigenvalue weighted by Gasteiger charge is 2.31. The van der Waals surface area contributed by atoms with Crippen molar-refractivity contribution in [3.8, 4) is 0 Å². The van der Waals surface area contributed by atoms with Crippen LogP contribution in [0.25, 0.3) is 6.08 Å². The van der Waals surface area contributed by atoms with Crippen LogP contribution < -0.4 is 0 Å². The predicted molar refractivity (Wildman–Crippen MR) is 114 cm³/mol. The molecule has 1 saturated heterocycles. The average molecular weight is 416 g/mol. The molecule has 1 amide bonds. The van der Waals surface area contributed by atoms with Crippen molar-refractivity contribution >= 4 is 46.3 Å². The molecule has 0 radical (unpaired) electrons. The first-order valence-electron chi connectivity index (χ1n) is 9.06. The third-order valence-corrected chi connectivity index (χ3v) is 5.66. The zero-order valence-corrected chi connectivity index (χ0v) is 16.9. The van der Waals surface area contributed by atoms with E-state index >= 15 is 0 Å². The molecule has 1 N–H and O–H groups in total. The Morgan fingerprint density at radius 3 is 2.75 bits per heavy atom. The highest BCUT2D eigenvalue weighted by Crippen LogP contribution is 2.32. The molecule has 146 valence electrons. The second kappa shape index (κ2) is 9.66. The van der Waals surface area contributed by atoms with Gasteiger partial charge in [-0.3, -0.25) is 19.2 Å². The summed E-state index contributed by atoms with van der Waals surface area (Å²) in [5.74, 6) is -0.884. The molecule has 28 heavy (non-hydrogen) atoms. The Balaban J connectivity index is 1.56. The molecule has 8 heteroatoms. The van der Waals surface area contributed by atoms with Crippen LogP contribution in [0.1, 0.15) is 36.8 Å². The monoisotopic (exact) mass is 415 g/mol. The molecule has 3 rings (SSSR count). The summed E-state index contributed by atoms with van der Waals surface area (Å²) in [6.07, 6.45) is 7.73. The standard InChI is InChI=1S/C20H21N3O3S2/c24-18(25)9-5-2-6-10-23-19(26)17(28-20(23)27)11-16-12-21-22(14-16)13-15-7-3-1-4-8-15/h1,3-4,7-8,11-12,14H,2,5-6,9-10,13H2,(H,24,25)/b17-11+. The summed E-state index contributed by atoms with van der Waals surface area (Å²) in [5, 5.41) is 13.0. The minimum Gasteiger partial charge on any atom is -0.481 e. The van der Waals surface area contributed by atoms with Crippen LogP contribution in [0.3, 0.4) is 0 Å². The van der Waals surface area contributed by atoms with Crippen LogP contribution in [0.5, 0.6) is 0 Å². The smallest absolute Gasteiger partial charge is 0.303 e. The maximum atomic E-state index is 12.6. The number of amides is 1. The zero-order valence-electron chi connectivity index (χ0n) is 15.3. The minimum atomic E-state index is -0.790. The van der Waals surface area contributed by atoms with Crippen molar-refractivity contribution in [2.45, 2.75) is 32.2 Å². The predicted octanol–water partition coefficient (Wildman–Crippen LogP) is 3.78. The van der Waals surface area contributed by atoms with Gasteiger partial charge >= 0.3 is 5.97 Å². The van der Waals surface area contributed by atoms with Crippen molar-refractivity contribution < 1.29 is 14.7 Å². The highest BCUT2D eigenvalue weighted by atomic mass is 32.2. The molecule has 1 aromatic heterocycles. The quantitative estimate of drug-likeness (QED) is 0.382. The fourth-order valence-electron chi connectivity index (χ4n) is 2.88. The van der Waals surface area contributed by atoms with Crippen molar-refractivity contribution in [1.29, 1.82) is 0 Å². The van der Waals surface area contributed by atoms with Gasteiger partial charge in [0.1, 0.15) is 4.32 Å². The number of carboxylic acids is 1. The Kier molecular flexibility index (Phi) is 7.00. The summed E-state index contributed by atoms with van der Waals surface area (Å²) in [5.41, 5.74) is 2.02. The van der Waals surface area contributed by atoms with Crippen molar-refractivity contribution in [3.63, 3.8) is 0 Å². The molecule has 1 aliphatic rings. The van der Waals surface area contributed by atoms with E-state index in [2.05, 4.69) is 5.10 Å². The van der Waals surface area contributed by atoms with Crippen LogP contribution in [0.15, 0.2) is 47.6 Å². The second-order valence-electron chi connectivity index (χ2n) is 6.49. The van der Waals surface area contributed by atoms with E-state index in [1.165, 1.54) is 11.8 Å². The van der Waals surface area contributed by atoms with Gasteiger partial charge in [0.05, 0.1) is 17.6 Å². The third-order valence-electron chi connectivity index (χ3n) is 4.28. The van der Waals surface area contributed by atoms with Gasteiger partial charge in [-0.1, -0.05) is 60.7 Å². The number of thioether (sulfide) groups is 1. The van der Waals surface area contributed by atoms with Gasteiger partial charge in [0.25, 0.3) is 5.91 Å². The summed E-state index contributed by atoms with van der Waals surface area (Å²) in [6.45, 7) is 1.20. The summed E-state index contributed by atoms with van der Waals surface area (Å²) >= 11 is 6.63. The number of aliphatic carboxylic acids is 1. The normalized spacial score (nSPS) is 15.6. The summed E-state index contributed by atoms with van der Waals surface area (Å²) in [7, 11) is 0. The number of hydrogen-bond donors (Lipinski definition) is 1. The summed E-state index contributed by atoms with van der Waals surface area (Å²) in [6, 6.07) is 10.1. The largest absolute Gasteiger partial charge is 0.481 e. The Bertz CT molecular complexity index is 893. The van der Waals surface area contributed by atoms with Crippen LogP contribution in [-0.2, 0) is 16.1 Å². The van der Waals surface area contributed by atoms with Crippen LogP contribution in [0.4, 0.5) is 0 Å². The maximum Gasteiger partial charge on any atom is 0.303 e. The van der Waals surface area contributed by atoms with E-state index < -0.39 is 5.97 Å². The molecule has 1 aliphatic heterocycles. The fourth-order valence-corrected chi connectivity index (χ4v) is 4.19. The molecule has 6 nitrogen and oxygen atoms in total. The van der Waals surface area contributed by atoms with E-state index in [1.54, 1.807) is 11.1 Å². The van der Waals surface area contributed by atoms with E-state index in [0.29, 0.717) is 28.7 Å². The molecule has 0 saturated carbocycles. The molecule has 0 spiro atoms. The maximum absolute atomic E-state index is 12.6. The first kappa shape index (κ1) is 20.3. The topological polar surface area (TPSA) is 75.4 Å². The van der Waals surface area contributed by atoms with Gasteiger partial charge in [0.15, 0.2) is 0 Å². The molecule has 0 atom stereocenters. The van der Waals surface area contributed by atoms with Crippen molar-refractivity contribution in [2.75, 3.05) is 6.54 Å². The molecular weight excluding hydrogens is 394 g/mol. The molecule has 0 unspecified atom stereocenters. The number of carboxylic acid groups (broad SMARTS) is 1. The highest BCUT2D eigenvalue weighted by molar-refractivity contribution is 8.26. The number of hydrogen-bond acceptors (Lipinski definition) is 5. The van der Waals surface area contributed by atoms with Crippen molar-refractivity contribution in [3.05, 3.63) is 58.8 Å². The molecular formula is C20H21N3O3S2. The minimum absolute atomic E-state index is 0.0935. The van der Waals surface area contributed by atoms with Gasteiger partial charge < -0.3 is 5.11 Å². The molecule has 2 aromatic rings. The Labute approximate surface area is 173 Å². The van der Waals surface area contributed by atoms with E-state index in [9.17, 15) is 9.59 Å². The van der Waals surface area contributed by atoms with E-state index in [-0.39, 0.29) is 12.3 Å². The van der Waals surface area contributed by atoms with Crippen LogP contribution in [-0.4, -0.2) is 42.5 Å². The average Bonchev–Trinajstić information content (AvgIpc) is 3.21. The first-order chi connectivity index (χ1) is 13.5. The third kappa shape index (κ3) is 5.53. The van der Waals surface area contributed by atoms with E-state index in [0.717, 1.165) is 24.0 Å². The van der Waals surface area contributed by atoms with Gasteiger partial charge in [-0.05, 0) is 24.5 Å². The van der Waals surface area contributed by atoms with Crippen LogP contribution in [0, 0.1) is 0 Å². The van der Waals surface area contributed by atoms with Crippen molar-refractivity contribution in [1.82, 2.24) is 14.7 Å². The Morgan fingerprint density at radius 1 is 1.21 bits per heavy atom. The number of carbonyl (C=O) groups is 2. The number of benzene rings is 1. The van der Waals surface area contributed by atoms with Gasteiger partial charge in [-0.25, -0.2) is 0 Å². The lowest BCUT2D eigenvalue weighted by atomic mass is 10.2. The summed E-state index contributed by atoms with van der Waals surface area (Å²) in [4.78, 5) is 25.3. The molecule has 1 aromatic carbocycles. The molecule has 0 aliphatic carbocycles. The van der Waals surface area contributed by atoms with Crippen LogP contribution >= 0.6 is 24.0 Å². The Hall–Kier alpha value is -2.45. The van der Waals surface area contributed by atoms with Gasteiger partial charge in [-0.2, -0.15) is 5.10 Å². The number of thiocarbonyl (C=S) groups is 1. The van der Waals surface area contributed by atoms with Gasteiger partial charge in [0, 0.05) is 24.7 Å². The zero-order chi connectivity index (χ0) is 19.9. The number of unbranched alkanes of at least 4 members (excludes halogenated alkanes) is 2. The summed E-state index contributed by atoms with van der Waals surface area (Å²) < 4.78 is 2.39. The lowest BCUT2D eigenvalue weighted by Gasteiger charge is -2.13.